The fourth-order valence-corrected chi connectivity index (χ4v) is 5.06. The Labute approximate surface area is 165 Å². The second kappa shape index (κ2) is 7.50. The van der Waals surface area contributed by atoms with Gasteiger partial charge in [-0.05, 0) is 51.2 Å². The summed E-state index contributed by atoms with van der Waals surface area (Å²) in [7, 11) is -3.45. The number of nitrogens with zero attached hydrogens (tertiary/aromatic N) is 3. The van der Waals surface area contributed by atoms with Gasteiger partial charge in [-0.25, -0.2) is 8.42 Å². The molecule has 0 radical (unpaired) electrons. The van der Waals surface area contributed by atoms with Crippen molar-refractivity contribution in [3.63, 3.8) is 0 Å². The average Bonchev–Trinajstić information content (AvgIpc) is 3.10. The summed E-state index contributed by atoms with van der Waals surface area (Å²) < 4.78 is 32.5. The second-order valence-corrected chi connectivity index (χ2v) is 9.40. The van der Waals surface area contributed by atoms with Gasteiger partial charge >= 0.3 is 0 Å². The molecule has 0 spiro atoms. The van der Waals surface area contributed by atoms with Gasteiger partial charge in [-0.3, -0.25) is 0 Å². The standard InChI is InChI=1S/C18H24N4O3S.ClH/c1-13-3-5-15(6-4-13)26(23,24)22-11-7-14(8-12-22)16-20-17(21-25-16)18(19)9-2-10-18;/h3-6,14H,2,7-12,19H2,1H3;1H. The molecule has 2 N–H and O–H groups in total. The first-order valence-electron chi connectivity index (χ1n) is 9.08. The average molecular weight is 413 g/mol. The number of aromatic nitrogens is 2. The van der Waals surface area contributed by atoms with Gasteiger partial charge in [-0.15, -0.1) is 12.4 Å². The van der Waals surface area contributed by atoms with E-state index in [4.69, 9.17) is 10.3 Å². The molecule has 2 aliphatic rings. The van der Waals surface area contributed by atoms with Gasteiger partial charge in [0.1, 0.15) is 0 Å². The predicted octanol–water partition coefficient (Wildman–Crippen LogP) is 2.71. The van der Waals surface area contributed by atoms with Gasteiger partial charge in [0.05, 0.1) is 10.4 Å². The zero-order valence-electron chi connectivity index (χ0n) is 15.3. The first-order valence-corrected chi connectivity index (χ1v) is 10.5. The van der Waals surface area contributed by atoms with Crippen LogP contribution in [0.25, 0.3) is 0 Å². The van der Waals surface area contributed by atoms with Gasteiger partial charge in [0.2, 0.25) is 15.9 Å². The summed E-state index contributed by atoms with van der Waals surface area (Å²) in [6.07, 6.45) is 4.21. The van der Waals surface area contributed by atoms with Crippen LogP contribution < -0.4 is 5.73 Å². The summed E-state index contributed by atoms with van der Waals surface area (Å²) in [5, 5.41) is 4.07. The van der Waals surface area contributed by atoms with Crippen molar-refractivity contribution in [2.75, 3.05) is 13.1 Å². The molecule has 1 saturated carbocycles. The Morgan fingerprint density at radius 3 is 2.37 bits per heavy atom. The Balaban J connectivity index is 0.00000210. The minimum absolute atomic E-state index is 0. The summed E-state index contributed by atoms with van der Waals surface area (Å²) in [5.41, 5.74) is 6.86. The summed E-state index contributed by atoms with van der Waals surface area (Å²) in [5.74, 6) is 1.27. The van der Waals surface area contributed by atoms with Gasteiger partial charge in [0.25, 0.3) is 0 Å². The lowest BCUT2D eigenvalue weighted by Crippen LogP contribution is -2.44. The fourth-order valence-electron chi connectivity index (χ4n) is 3.59. The highest BCUT2D eigenvalue weighted by Crippen LogP contribution is 2.38. The zero-order chi connectivity index (χ0) is 18.4. The summed E-state index contributed by atoms with van der Waals surface area (Å²) in [6, 6.07) is 6.98. The van der Waals surface area contributed by atoms with Crippen molar-refractivity contribution in [3.8, 4) is 0 Å². The van der Waals surface area contributed by atoms with E-state index in [0.717, 1.165) is 24.8 Å². The van der Waals surface area contributed by atoms with Gasteiger partial charge in [0, 0.05) is 19.0 Å². The number of rotatable bonds is 4. The molecule has 0 atom stereocenters. The van der Waals surface area contributed by atoms with Gasteiger partial charge in [-0.1, -0.05) is 22.9 Å². The van der Waals surface area contributed by atoms with Gasteiger partial charge in [-0.2, -0.15) is 9.29 Å². The number of hydrogen-bond donors (Lipinski definition) is 1. The molecule has 2 fully saturated rings. The van der Waals surface area contributed by atoms with Crippen molar-refractivity contribution < 1.29 is 12.9 Å². The number of sulfonamides is 1. The number of benzene rings is 1. The van der Waals surface area contributed by atoms with Crippen molar-refractivity contribution in [2.24, 2.45) is 5.73 Å². The predicted molar refractivity (Wildman–Crippen MR) is 103 cm³/mol. The molecule has 148 valence electrons. The van der Waals surface area contributed by atoms with Crippen LogP contribution in [0.4, 0.5) is 0 Å². The third-order valence-electron chi connectivity index (χ3n) is 5.59. The van der Waals surface area contributed by atoms with E-state index in [-0.39, 0.29) is 18.3 Å². The summed E-state index contributed by atoms with van der Waals surface area (Å²) in [4.78, 5) is 4.86. The van der Waals surface area contributed by atoms with E-state index in [0.29, 0.717) is 42.5 Å². The van der Waals surface area contributed by atoms with E-state index >= 15 is 0 Å². The molecule has 1 aliphatic heterocycles. The van der Waals surface area contributed by atoms with Crippen molar-refractivity contribution >= 4 is 22.4 Å². The lowest BCUT2D eigenvalue weighted by Gasteiger charge is -2.34. The molecule has 2 aromatic rings. The van der Waals surface area contributed by atoms with Crippen molar-refractivity contribution in [1.82, 2.24) is 14.4 Å². The molecule has 0 unspecified atom stereocenters. The van der Waals surface area contributed by atoms with Gasteiger partial charge < -0.3 is 10.3 Å². The SMILES string of the molecule is Cc1ccc(S(=O)(=O)N2CCC(c3nc(C4(N)CCC4)no3)CC2)cc1.Cl. The number of aryl methyl sites for hydroxylation is 1. The monoisotopic (exact) mass is 412 g/mol. The Kier molecular flexibility index (Phi) is 5.63. The fraction of sp³-hybridized carbons (Fsp3) is 0.556. The second-order valence-electron chi connectivity index (χ2n) is 7.46. The third-order valence-corrected chi connectivity index (χ3v) is 7.51. The van der Waals surface area contributed by atoms with Crippen LogP contribution in [-0.2, 0) is 15.6 Å². The number of halogens is 1. The largest absolute Gasteiger partial charge is 0.339 e. The smallest absolute Gasteiger partial charge is 0.243 e. The van der Waals surface area contributed by atoms with Crippen molar-refractivity contribution in [1.29, 1.82) is 0 Å². The van der Waals surface area contributed by atoms with E-state index in [1.165, 1.54) is 0 Å². The number of hydrogen-bond acceptors (Lipinski definition) is 6. The van der Waals surface area contributed by atoms with Crippen LogP contribution in [-0.4, -0.2) is 36.0 Å². The molecule has 0 bridgehead atoms. The summed E-state index contributed by atoms with van der Waals surface area (Å²) >= 11 is 0. The van der Waals surface area contributed by atoms with E-state index in [1.807, 2.05) is 19.1 Å². The van der Waals surface area contributed by atoms with E-state index in [2.05, 4.69) is 10.1 Å². The Morgan fingerprint density at radius 2 is 1.81 bits per heavy atom. The molecule has 1 aliphatic carbocycles. The topological polar surface area (TPSA) is 102 Å². The molecule has 4 rings (SSSR count). The minimum atomic E-state index is -3.45. The van der Waals surface area contributed by atoms with Crippen molar-refractivity contribution in [2.45, 2.75) is 55.4 Å². The lowest BCUT2D eigenvalue weighted by atomic mass is 9.77. The Morgan fingerprint density at radius 1 is 1.19 bits per heavy atom. The van der Waals surface area contributed by atoms with Crippen LogP contribution in [0.2, 0.25) is 0 Å². The maximum atomic E-state index is 12.8. The molecule has 1 aromatic carbocycles. The maximum Gasteiger partial charge on any atom is 0.243 e. The quantitative estimate of drug-likeness (QED) is 0.828. The highest BCUT2D eigenvalue weighted by atomic mass is 35.5. The number of nitrogens with two attached hydrogens (primary N) is 1. The van der Waals surface area contributed by atoms with Gasteiger partial charge in [0.15, 0.2) is 5.82 Å². The first-order chi connectivity index (χ1) is 12.4. The molecule has 27 heavy (non-hydrogen) atoms. The normalized spacial score (nSPS) is 20.7. The minimum Gasteiger partial charge on any atom is -0.339 e. The zero-order valence-corrected chi connectivity index (χ0v) is 16.9. The van der Waals surface area contributed by atoms with E-state index in [1.54, 1.807) is 16.4 Å². The molecule has 1 saturated heterocycles. The highest BCUT2D eigenvalue weighted by molar-refractivity contribution is 7.89. The van der Waals surface area contributed by atoms with Crippen molar-refractivity contribution in [3.05, 3.63) is 41.5 Å². The van der Waals surface area contributed by atoms with Crippen LogP contribution in [0.3, 0.4) is 0 Å². The Hall–Kier alpha value is -1.48. The molecular weight excluding hydrogens is 388 g/mol. The third kappa shape index (κ3) is 3.76. The maximum absolute atomic E-state index is 12.8. The highest BCUT2D eigenvalue weighted by Gasteiger charge is 2.40. The number of piperidine rings is 1. The molecule has 1 aromatic heterocycles. The van der Waals surface area contributed by atoms with Crippen LogP contribution in [0.15, 0.2) is 33.7 Å². The first kappa shape index (κ1) is 20.3. The molecule has 0 amide bonds. The summed E-state index contributed by atoms with van der Waals surface area (Å²) in [6.45, 7) is 2.84. The van der Waals surface area contributed by atoms with Crippen LogP contribution in [0.5, 0.6) is 0 Å². The Bertz CT molecular complexity index is 886. The van der Waals surface area contributed by atoms with E-state index < -0.39 is 15.6 Å². The van der Waals surface area contributed by atoms with E-state index in [9.17, 15) is 8.42 Å². The van der Waals surface area contributed by atoms with Crippen LogP contribution in [0.1, 0.15) is 55.3 Å². The molecule has 2 heterocycles. The lowest BCUT2D eigenvalue weighted by molar-refractivity contribution is 0.227. The molecular formula is C18H25ClN4O3S. The van der Waals surface area contributed by atoms with Crippen LogP contribution >= 0.6 is 12.4 Å². The molecule has 7 nitrogen and oxygen atoms in total. The molecule has 9 heteroatoms. The van der Waals surface area contributed by atoms with Crippen LogP contribution in [0, 0.1) is 6.92 Å².